The lowest BCUT2D eigenvalue weighted by atomic mass is 10.0. The zero-order valence-corrected chi connectivity index (χ0v) is 20.2. The lowest BCUT2D eigenvalue weighted by molar-refractivity contribution is -0.113. The van der Waals surface area contributed by atoms with Crippen molar-refractivity contribution in [3.63, 3.8) is 0 Å². The van der Waals surface area contributed by atoms with Crippen LogP contribution in [-0.2, 0) is 11.2 Å². The molecule has 0 spiro atoms. The van der Waals surface area contributed by atoms with Crippen LogP contribution < -0.4 is 10.1 Å². The summed E-state index contributed by atoms with van der Waals surface area (Å²) in [6.45, 7) is 6.52. The fraction of sp³-hybridized carbons (Fsp3) is 0.250. The van der Waals surface area contributed by atoms with Crippen molar-refractivity contribution in [3.05, 3.63) is 76.1 Å². The summed E-state index contributed by atoms with van der Waals surface area (Å²) in [6, 6.07) is 15.1. The van der Waals surface area contributed by atoms with E-state index in [0.717, 1.165) is 34.7 Å². The van der Waals surface area contributed by atoms with Crippen molar-refractivity contribution in [2.24, 2.45) is 0 Å². The molecule has 9 heteroatoms. The Morgan fingerprint density at radius 2 is 1.82 bits per heavy atom. The van der Waals surface area contributed by atoms with E-state index in [4.69, 9.17) is 16.3 Å². The summed E-state index contributed by atoms with van der Waals surface area (Å²) in [6.07, 6.45) is 0.727. The van der Waals surface area contributed by atoms with Crippen LogP contribution in [0.5, 0.6) is 5.75 Å². The first-order chi connectivity index (χ1) is 15.9. The second-order valence-electron chi connectivity index (χ2n) is 7.46. The predicted octanol–water partition coefficient (Wildman–Crippen LogP) is 5.11. The number of thioether (sulfide) groups is 1. The number of hydrogen-bond acceptors (Lipinski definition) is 6. The van der Waals surface area contributed by atoms with Gasteiger partial charge in [0, 0.05) is 28.5 Å². The van der Waals surface area contributed by atoms with Crippen LogP contribution in [0.25, 0.3) is 5.78 Å². The van der Waals surface area contributed by atoms with Crippen molar-refractivity contribution in [1.29, 1.82) is 0 Å². The van der Waals surface area contributed by atoms with Crippen LogP contribution in [-0.4, -0.2) is 37.8 Å². The van der Waals surface area contributed by atoms with E-state index in [2.05, 4.69) is 20.4 Å². The minimum absolute atomic E-state index is 0.132. The topological polar surface area (TPSA) is 81.4 Å². The Balaban J connectivity index is 1.43. The molecule has 2 aromatic carbocycles. The van der Waals surface area contributed by atoms with Gasteiger partial charge in [-0.05, 0) is 68.3 Å². The number of benzene rings is 2. The lowest BCUT2D eigenvalue weighted by Crippen LogP contribution is -2.14. The molecule has 170 valence electrons. The van der Waals surface area contributed by atoms with E-state index in [1.54, 1.807) is 4.52 Å². The van der Waals surface area contributed by atoms with Crippen molar-refractivity contribution >= 4 is 40.7 Å². The minimum atomic E-state index is -0.132. The third-order valence-corrected chi connectivity index (χ3v) is 6.19. The Bertz CT molecular complexity index is 1270. The van der Waals surface area contributed by atoms with Gasteiger partial charge in [-0.15, -0.1) is 5.10 Å². The maximum Gasteiger partial charge on any atom is 0.253 e. The van der Waals surface area contributed by atoms with Gasteiger partial charge in [0.25, 0.3) is 5.78 Å². The lowest BCUT2D eigenvalue weighted by Gasteiger charge is -2.10. The number of rotatable bonds is 8. The molecule has 0 aliphatic rings. The van der Waals surface area contributed by atoms with Crippen LogP contribution in [0.4, 0.5) is 5.69 Å². The summed E-state index contributed by atoms with van der Waals surface area (Å²) in [5.41, 5.74) is 4.84. The van der Waals surface area contributed by atoms with Crippen molar-refractivity contribution in [3.8, 4) is 5.75 Å². The number of carbonyl (C=O) groups excluding carboxylic acids is 1. The molecule has 4 aromatic rings. The fourth-order valence-electron chi connectivity index (χ4n) is 3.44. The summed E-state index contributed by atoms with van der Waals surface area (Å²) in [5, 5.41) is 8.67. The number of anilines is 1. The highest BCUT2D eigenvalue weighted by Crippen LogP contribution is 2.22. The van der Waals surface area contributed by atoms with Crippen LogP contribution >= 0.6 is 23.4 Å². The first-order valence-electron chi connectivity index (χ1n) is 10.6. The number of nitrogens with zero attached hydrogens (tertiary/aromatic N) is 4. The van der Waals surface area contributed by atoms with Crippen LogP contribution in [0.3, 0.4) is 0 Å². The monoisotopic (exact) mass is 481 g/mol. The molecule has 4 rings (SSSR count). The zero-order chi connectivity index (χ0) is 23.4. The number of aromatic nitrogens is 4. The van der Waals surface area contributed by atoms with Gasteiger partial charge >= 0.3 is 0 Å². The van der Waals surface area contributed by atoms with E-state index < -0.39 is 0 Å². The van der Waals surface area contributed by atoms with E-state index in [0.29, 0.717) is 28.3 Å². The number of halogens is 1. The van der Waals surface area contributed by atoms with Crippen LogP contribution in [0.2, 0.25) is 5.02 Å². The zero-order valence-electron chi connectivity index (χ0n) is 18.6. The van der Waals surface area contributed by atoms with Crippen molar-refractivity contribution in [2.45, 2.75) is 32.3 Å². The van der Waals surface area contributed by atoms with Gasteiger partial charge in [0.1, 0.15) is 5.75 Å². The third kappa shape index (κ3) is 5.64. The molecular formula is C24H24ClN5O2S. The van der Waals surface area contributed by atoms with Gasteiger partial charge in [-0.25, -0.2) is 9.50 Å². The van der Waals surface area contributed by atoms with Crippen molar-refractivity contribution in [1.82, 2.24) is 19.6 Å². The summed E-state index contributed by atoms with van der Waals surface area (Å²) in [5.74, 6) is 1.36. The van der Waals surface area contributed by atoms with Gasteiger partial charge in [0.05, 0.1) is 12.4 Å². The molecule has 0 radical (unpaired) electrons. The van der Waals surface area contributed by atoms with Gasteiger partial charge in [-0.3, -0.25) is 4.79 Å². The number of aryl methyl sites for hydroxylation is 2. The average molecular weight is 482 g/mol. The highest BCUT2D eigenvalue weighted by molar-refractivity contribution is 7.99. The van der Waals surface area contributed by atoms with E-state index in [9.17, 15) is 4.79 Å². The molecule has 0 bridgehead atoms. The molecule has 0 fully saturated rings. The first kappa shape index (κ1) is 23.1. The van der Waals surface area contributed by atoms with E-state index in [1.807, 2.05) is 69.3 Å². The third-order valence-electron chi connectivity index (χ3n) is 5.11. The number of fused-ring (bicyclic) bond motifs is 1. The number of carbonyl (C=O) groups is 1. The highest BCUT2D eigenvalue weighted by atomic mass is 35.5. The summed E-state index contributed by atoms with van der Waals surface area (Å²) >= 11 is 7.28. The van der Waals surface area contributed by atoms with Gasteiger partial charge in [-0.2, -0.15) is 4.98 Å². The number of ether oxygens (including phenoxy) is 1. The Kier molecular flexibility index (Phi) is 7.15. The Morgan fingerprint density at radius 3 is 2.52 bits per heavy atom. The van der Waals surface area contributed by atoms with Gasteiger partial charge < -0.3 is 10.1 Å². The molecule has 7 nitrogen and oxygen atoms in total. The smallest absolute Gasteiger partial charge is 0.253 e. The number of hydrogen-bond donors (Lipinski definition) is 1. The predicted molar refractivity (Wildman–Crippen MR) is 131 cm³/mol. The summed E-state index contributed by atoms with van der Waals surface area (Å²) < 4.78 is 7.16. The molecule has 0 aliphatic heterocycles. The molecule has 0 unspecified atom stereocenters. The molecule has 0 aliphatic carbocycles. The normalized spacial score (nSPS) is 11.0. The summed E-state index contributed by atoms with van der Waals surface area (Å²) in [4.78, 5) is 21.5. The van der Waals surface area contributed by atoms with Crippen molar-refractivity contribution in [2.75, 3.05) is 17.7 Å². The van der Waals surface area contributed by atoms with Crippen LogP contribution in [0.15, 0.2) is 53.7 Å². The first-order valence-corrected chi connectivity index (χ1v) is 11.9. The van der Waals surface area contributed by atoms with Gasteiger partial charge in [-0.1, -0.05) is 35.5 Å². The fourth-order valence-corrected chi connectivity index (χ4v) is 4.19. The van der Waals surface area contributed by atoms with Crippen molar-refractivity contribution < 1.29 is 9.53 Å². The standard InChI is InChI=1S/C24H24ClN5O2S/c1-4-32-20-11-9-19(10-12-20)27-22(31)14-33-24-28-23-26-15(2)21(16(3)30(23)29-24)13-17-5-7-18(25)8-6-17/h5-12H,4,13-14H2,1-3H3,(H,27,31). The van der Waals surface area contributed by atoms with E-state index in [1.165, 1.54) is 11.8 Å². The molecule has 0 saturated carbocycles. The maximum atomic E-state index is 12.4. The number of amides is 1. The Morgan fingerprint density at radius 1 is 1.09 bits per heavy atom. The highest BCUT2D eigenvalue weighted by Gasteiger charge is 2.15. The van der Waals surface area contributed by atoms with E-state index >= 15 is 0 Å². The molecule has 1 N–H and O–H groups in total. The molecule has 2 heterocycles. The molecule has 0 saturated heterocycles. The largest absolute Gasteiger partial charge is 0.494 e. The van der Waals surface area contributed by atoms with Gasteiger partial charge in [0.2, 0.25) is 11.1 Å². The average Bonchev–Trinajstić information content (AvgIpc) is 3.21. The maximum absolute atomic E-state index is 12.4. The second kappa shape index (κ2) is 10.2. The Hall–Kier alpha value is -3.10. The number of nitrogens with one attached hydrogen (secondary N) is 1. The van der Waals surface area contributed by atoms with Gasteiger partial charge in [0.15, 0.2) is 0 Å². The molecule has 2 aromatic heterocycles. The quantitative estimate of drug-likeness (QED) is 0.352. The van der Waals surface area contributed by atoms with Crippen LogP contribution in [0.1, 0.15) is 29.4 Å². The minimum Gasteiger partial charge on any atom is -0.494 e. The molecule has 33 heavy (non-hydrogen) atoms. The summed E-state index contributed by atoms with van der Waals surface area (Å²) in [7, 11) is 0. The molecular weight excluding hydrogens is 458 g/mol. The SMILES string of the molecule is CCOc1ccc(NC(=O)CSc2nc3nc(C)c(Cc4ccc(Cl)cc4)c(C)n3n2)cc1. The van der Waals surface area contributed by atoms with Crippen LogP contribution in [0, 0.1) is 13.8 Å². The molecule has 0 atom stereocenters. The van der Waals surface area contributed by atoms with E-state index in [-0.39, 0.29) is 11.7 Å². The Labute approximate surface area is 201 Å². The second-order valence-corrected chi connectivity index (χ2v) is 8.84. The molecule has 1 amide bonds.